The third-order valence-corrected chi connectivity index (χ3v) is 3.50. The maximum Gasteiger partial charge on any atom is 0.308 e. The first-order chi connectivity index (χ1) is 8.18. The predicted molar refractivity (Wildman–Crippen MR) is 71.0 cm³/mol. The van der Waals surface area contributed by atoms with E-state index in [9.17, 15) is 15.0 Å². The van der Waals surface area contributed by atoms with Crippen LogP contribution >= 0.6 is 0 Å². The maximum absolute atomic E-state index is 11.7. The topological polar surface area (TPSA) is 66.8 Å². The van der Waals surface area contributed by atoms with Crippen LogP contribution in [0.4, 0.5) is 0 Å². The van der Waals surface area contributed by atoms with Crippen LogP contribution in [0, 0.1) is 17.3 Å². The Kier molecular flexibility index (Phi) is 6.86. The van der Waals surface area contributed by atoms with Gasteiger partial charge in [0.2, 0.25) is 0 Å². The fourth-order valence-electron chi connectivity index (χ4n) is 2.07. The maximum atomic E-state index is 11.7. The molecule has 0 aliphatic rings. The summed E-state index contributed by atoms with van der Waals surface area (Å²) in [5, 5.41) is 19.4. The Morgan fingerprint density at radius 3 is 2.11 bits per heavy atom. The van der Waals surface area contributed by atoms with E-state index in [1.54, 1.807) is 13.8 Å². The van der Waals surface area contributed by atoms with Gasteiger partial charge in [0, 0.05) is 17.9 Å². The standard InChI is InChI=1S/C14H28O4/c1-7-11(16)14(5,6)12(10(4)8-15)18-13(17)9(2)3/h9-12,15-16H,7-8H2,1-6H3. The zero-order valence-corrected chi connectivity index (χ0v) is 12.4. The minimum atomic E-state index is -0.582. The molecule has 0 aromatic rings. The van der Waals surface area contributed by atoms with Crippen LogP contribution in [0.2, 0.25) is 0 Å². The number of carbonyl (C=O) groups is 1. The van der Waals surface area contributed by atoms with Crippen molar-refractivity contribution in [3.05, 3.63) is 0 Å². The Morgan fingerprint density at radius 1 is 1.28 bits per heavy atom. The van der Waals surface area contributed by atoms with Gasteiger partial charge < -0.3 is 14.9 Å². The number of rotatable bonds is 7. The first-order valence-corrected chi connectivity index (χ1v) is 6.67. The van der Waals surface area contributed by atoms with Crippen molar-refractivity contribution in [2.24, 2.45) is 17.3 Å². The van der Waals surface area contributed by atoms with E-state index in [0.29, 0.717) is 6.42 Å². The summed E-state index contributed by atoms with van der Waals surface area (Å²) < 4.78 is 5.49. The first-order valence-electron chi connectivity index (χ1n) is 6.67. The molecule has 4 heteroatoms. The number of hydrogen-bond acceptors (Lipinski definition) is 4. The lowest BCUT2D eigenvalue weighted by atomic mass is 9.75. The average molecular weight is 260 g/mol. The summed E-state index contributed by atoms with van der Waals surface area (Å²) in [6, 6.07) is 0. The molecular weight excluding hydrogens is 232 g/mol. The molecule has 0 amide bonds. The van der Waals surface area contributed by atoms with Crippen LogP contribution in [-0.2, 0) is 9.53 Å². The van der Waals surface area contributed by atoms with Crippen LogP contribution in [0.3, 0.4) is 0 Å². The number of carbonyl (C=O) groups excluding carboxylic acids is 1. The van der Waals surface area contributed by atoms with Gasteiger partial charge in [0.25, 0.3) is 0 Å². The third kappa shape index (κ3) is 4.25. The molecule has 4 nitrogen and oxygen atoms in total. The second-order valence-electron chi connectivity index (χ2n) is 5.92. The normalized spacial score (nSPS) is 17.4. The Bertz CT molecular complexity index is 261. The molecule has 0 aliphatic heterocycles. The summed E-state index contributed by atoms with van der Waals surface area (Å²) >= 11 is 0. The molecule has 0 aromatic carbocycles. The molecule has 0 aromatic heterocycles. The van der Waals surface area contributed by atoms with Gasteiger partial charge in [-0.1, -0.05) is 41.5 Å². The summed E-state index contributed by atoms with van der Waals surface area (Å²) in [5.41, 5.74) is -0.582. The molecule has 0 radical (unpaired) electrons. The van der Waals surface area contributed by atoms with Gasteiger partial charge >= 0.3 is 5.97 Å². The molecule has 0 saturated heterocycles. The zero-order chi connectivity index (χ0) is 14.5. The smallest absolute Gasteiger partial charge is 0.308 e. The molecular formula is C14H28O4. The van der Waals surface area contributed by atoms with E-state index in [2.05, 4.69) is 0 Å². The first kappa shape index (κ1) is 17.4. The summed E-state index contributed by atoms with van der Waals surface area (Å²) in [7, 11) is 0. The lowest BCUT2D eigenvalue weighted by Crippen LogP contribution is -2.47. The van der Waals surface area contributed by atoms with Crippen molar-refractivity contribution in [3.8, 4) is 0 Å². The van der Waals surface area contributed by atoms with Crippen LogP contribution in [0.5, 0.6) is 0 Å². The van der Waals surface area contributed by atoms with Crippen LogP contribution in [-0.4, -0.2) is 35.0 Å². The lowest BCUT2D eigenvalue weighted by molar-refractivity contribution is -0.171. The number of aliphatic hydroxyl groups is 2. The van der Waals surface area contributed by atoms with E-state index >= 15 is 0 Å². The molecule has 3 unspecified atom stereocenters. The summed E-state index contributed by atoms with van der Waals surface area (Å²) in [5.74, 6) is -0.714. The third-order valence-electron chi connectivity index (χ3n) is 3.50. The molecule has 0 heterocycles. The Labute approximate surface area is 110 Å². The van der Waals surface area contributed by atoms with E-state index in [0.717, 1.165) is 0 Å². The highest BCUT2D eigenvalue weighted by Gasteiger charge is 2.41. The van der Waals surface area contributed by atoms with Gasteiger partial charge in [0.1, 0.15) is 6.10 Å². The highest BCUT2D eigenvalue weighted by molar-refractivity contribution is 5.71. The van der Waals surface area contributed by atoms with E-state index in [-0.39, 0.29) is 24.4 Å². The summed E-state index contributed by atoms with van der Waals surface area (Å²) in [6.45, 7) is 10.9. The van der Waals surface area contributed by atoms with Crippen molar-refractivity contribution in [2.75, 3.05) is 6.61 Å². The fourth-order valence-corrected chi connectivity index (χ4v) is 2.07. The molecule has 0 saturated carbocycles. The number of esters is 1. The summed E-state index contributed by atoms with van der Waals surface area (Å²) in [6.07, 6.45) is -0.482. The molecule has 0 spiro atoms. The van der Waals surface area contributed by atoms with Crippen LogP contribution in [0.25, 0.3) is 0 Å². The second-order valence-corrected chi connectivity index (χ2v) is 5.92. The fraction of sp³-hybridized carbons (Fsp3) is 0.929. The van der Waals surface area contributed by atoms with Gasteiger partial charge in [-0.05, 0) is 6.42 Å². The molecule has 2 N–H and O–H groups in total. The molecule has 108 valence electrons. The Balaban J connectivity index is 5.05. The zero-order valence-electron chi connectivity index (χ0n) is 12.4. The van der Waals surface area contributed by atoms with Crippen LogP contribution < -0.4 is 0 Å². The van der Waals surface area contributed by atoms with Gasteiger partial charge in [0.15, 0.2) is 0 Å². The Morgan fingerprint density at radius 2 is 1.78 bits per heavy atom. The SMILES string of the molecule is CCC(O)C(C)(C)C(OC(=O)C(C)C)C(C)CO. The molecule has 3 atom stereocenters. The molecule has 0 rings (SSSR count). The lowest BCUT2D eigenvalue weighted by Gasteiger charge is -2.40. The second kappa shape index (κ2) is 7.10. The van der Waals surface area contributed by atoms with Gasteiger partial charge in [0.05, 0.1) is 12.0 Å². The van der Waals surface area contributed by atoms with E-state index < -0.39 is 17.6 Å². The van der Waals surface area contributed by atoms with Crippen molar-refractivity contribution >= 4 is 5.97 Å². The van der Waals surface area contributed by atoms with E-state index in [1.165, 1.54) is 0 Å². The minimum Gasteiger partial charge on any atom is -0.461 e. The largest absolute Gasteiger partial charge is 0.461 e. The van der Waals surface area contributed by atoms with Gasteiger partial charge in [-0.2, -0.15) is 0 Å². The molecule has 0 aliphatic carbocycles. The van der Waals surface area contributed by atoms with E-state index in [1.807, 2.05) is 27.7 Å². The van der Waals surface area contributed by atoms with Crippen molar-refractivity contribution in [1.29, 1.82) is 0 Å². The quantitative estimate of drug-likeness (QED) is 0.687. The highest BCUT2D eigenvalue weighted by Crippen LogP contribution is 2.34. The van der Waals surface area contributed by atoms with Crippen LogP contribution in [0.15, 0.2) is 0 Å². The van der Waals surface area contributed by atoms with Gasteiger partial charge in [-0.15, -0.1) is 0 Å². The Hall–Kier alpha value is -0.610. The minimum absolute atomic E-state index is 0.0735. The average Bonchev–Trinajstić information content (AvgIpc) is 2.32. The molecule has 18 heavy (non-hydrogen) atoms. The van der Waals surface area contributed by atoms with Crippen molar-refractivity contribution in [3.63, 3.8) is 0 Å². The monoisotopic (exact) mass is 260 g/mol. The van der Waals surface area contributed by atoms with Crippen molar-refractivity contribution < 1.29 is 19.7 Å². The molecule has 0 fully saturated rings. The van der Waals surface area contributed by atoms with Gasteiger partial charge in [-0.25, -0.2) is 0 Å². The van der Waals surface area contributed by atoms with Crippen molar-refractivity contribution in [2.45, 2.75) is 60.2 Å². The highest BCUT2D eigenvalue weighted by atomic mass is 16.5. The predicted octanol–water partition coefficient (Wildman–Crippen LogP) is 1.98. The van der Waals surface area contributed by atoms with Gasteiger partial charge in [-0.3, -0.25) is 4.79 Å². The number of aliphatic hydroxyl groups excluding tert-OH is 2. The molecule has 0 bridgehead atoms. The van der Waals surface area contributed by atoms with Crippen LogP contribution in [0.1, 0.15) is 48.0 Å². The number of ether oxygens (including phenoxy) is 1. The summed E-state index contributed by atoms with van der Waals surface area (Å²) in [4.78, 5) is 11.7. The number of hydrogen-bond donors (Lipinski definition) is 2. The van der Waals surface area contributed by atoms with Crippen molar-refractivity contribution in [1.82, 2.24) is 0 Å². The van der Waals surface area contributed by atoms with E-state index in [4.69, 9.17) is 4.74 Å².